The van der Waals surface area contributed by atoms with Gasteiger partial charge in [0.15, 0.2) is 5.69 Å². The minimum Gasteiger partial charge on any atom is -0.369 e. The highest BCUT2D eigenvalue weighted by atomic mass is 16.5. The predicted molar refractivity (Wildman–Crippen MR) is 66.3 cm³/mol. The van der Waals surface area contributed by atoms with Crippen molar-refractivity contribution in [3.63, 3.8) is 0 Å². The maximum Gasteiger partial charge on any atom is 0.273 e. The Morgan fingerprint density at radius 2 is 2.32 bits per heavy atom. The monoisotopic (exact) mass is 260 g/mol. The predicted octanol–water partition coefficient (Wildman–Crippen LogP) is 1.22. The number of H-pyrrole nitrogens is 1. The second-order valence-corrected chi connectivity index (χ2v) is 5.41. The zero-order valence-corrected chi connectivity index (χ0v) is 11.0. The number of carbonyl (C=O) groups is 1. The van der Waals surface area contributed by atoms with Crippen LogP contribution in [-0.2, 0) is 11.2 Å². The summed E-state index contributed by atoms with van der Waals surface area (Å²) in [7, 11) is 0. The van der Waals surface area contributed by atoms with Gasteiger partial charge < -0.3 is 10.1 Å². The number of aromatic nitrogens is 2. The molecular weight excluding hydrogens is 244 g/mol. The SMILES string of the molecule is C[C@@H]1Cc2c(C(=O)NC3(C#N)CC3)n[nH]c2[C@H](C)O1. The molecule has 6 nitrogen and oxygen atoms in total. The second-order valence-electron chi connectivity index (χ2n) is 5.41. The summed E-state index contributed by atoms with van der Waals surface area (Å²) >= 11 is 0. The number of hydrogen-bond acceptors (Lipinski definition) is 4. The van der Waals surface area contributed by atoms with Gasteiger partial charge in [-0.05, 0) is 26.7 Å². The molecule has 100 valence electrons. The minimum atomic E-state index is -0.661. The Balaban J connectivity index is 1.86. The van der Waals surface area contributed by atoms with Crippen molar-refractivity contribution in [2.24, 2.45) is 0 Å². The van der Waals surface area contributed by atoms with E-state index in [2.05, 4.69) is 21.6 Å². The molecule has 0 saturated heterocycles. The van der Waals surface area contributed by atoms with Crippen molar-refractivity contribution in [2.75, 3.05) is 0 Å². The van der Waals surface area contributed by atoms with E-state index in [1.165, 1.54) is 0 Å². The van der Waals surface area contributed by atoms with Gasteiger partial charge in [-0.1, -0.05) is 0 Å². The van der Waals surface area contributed by atoms with Gasteiger partial charge in [0.25, 0.3) is 5.91 Å². The van der Waals surface area contributed by atoms with Gasteiger partial charge in [-0.15, -0.1) is 0 Å². The van der Waals surface area contributed by atoms with Gasteiger partial charge in [0, 0.05) is 12.0 Å². The van der Waals surface area contributed by atoms with E-state index in [1.807, 2.05) is 13.8 Å². The number of carbonyl (C=O) groups excluding carboxylic acids is 1. The van der Waals surface area contributed by atoms with Crippen LogP contribution in [0.2, 0.25) is 0 Å². The smallest absolute Gasteiger partial charge is 0.273 e. The van der Waals surface area contributed by atoms with Crippen LogP contribution >= 0.6 is 0 Å². The topological polar surface area (TPSA) is 90.8 Å². The molecule has 0 radical (unpaired) electrons. The number of aromatic amines is 1. The molecule has 1 aromatic rings. The van der Waals surface area contributed by atoms with Gasteiger partial charge in [-0.25, -0.2) is 0 Å². The Morgan fingerprint density at radius 1 is 1.58 bits per heavy atom. The van der Waals surface area contributed by atoms with E-state index in [9.17, 15) is 4.79 Å². The molecule has 1 amide bonds. The lowest BCUT2D eigenvalue weighted by molar-refractivity contribution is -0.00697. The van der Waals surface area contributed by atoms with Crippen LogP contribution in [0.15, 0.2) is 0 Å². The molecule has 1 saturated carbocycles. The number of nitrogens with zero attached hydrogens (tertiary/aromatic N) is 2. The maximum absolute atomic E-state index is 12.2. The molecule has 2 aliphatic rings. The molecule has 2 atom stereocenters. The highest BCUT2D eigenvalue weighted by Gasteiger charge is 2.45. The van der Waals surface area contributed by atoms with Gasteiger partial charge in [0.1, 0.15) is 5.54 Å². The number of ether oxygens (including phenoxy) is 1. The standard InChI is InChI=1S/C13H16N4O2/c1-7-5-9-10(8(2)19-7)16-17-11(9)12(18)15-13(6-14)3-4-13/h7-8H,3-5H2,1-2H3,(H,15,18)(H,16,17)/t7-,8+/m1/s1. The van der Waals surface area contributed by atoms with Crippen molar-refractivity contribution in [2.45, 2.75) is 50.9 Å². The third kappa shape index (κ3) is 2.00. The normalized spacial score (nSPS) is 27.2. The Bertz CT molecular complexity index is 568. The summed E-state index contributed by atoms with van der Waals surface area (Å²) in [5, 5.41) is 18.8. The second kappa shape index (κ2) is 4.07. The molecule has 1 aliphatic carbocycles. The fourth-order valence-corrected chi connectivity index (χ4v) is 2.53. The molecule has 3 rings (SSSR count). The summed E-state index contributed by atoms with van der Waals surface area (Å²) in [4.78, 5) is 12.2. The van der Waals surface area contributed by atoms with E-state index >= 15 is 0 Å². The third-order valence-corrected chi connectivity index (χ3v) is 3.77. The highest BCUT2D eigenvalue weighted by molar-refractivity contribution is 5.95. The molecule has 19 heavy (non-hydrogen) atoms. The van der Waals surface area contributed by atoms with Crippen LogP contribution in [0.25, 0.3) is 0 Å². The number of fused-ring (bicyclic) bond motifs is 1. The average molecular weight is 260 g/mol. The number of nitrogens with one attached hydrogen (secondary N) is 2. The molecule has 1 aromatic heterocycles. The van der Waals surface area contributed by atoms with Crippen LogP contribution in [0, 0.1) is 11.3 Å². The lowest BCUT2D eigenvalue weighted by Gasteiger charge is -2.25. The van der Waals surface area contributed by atoms with Gasteiger partial charge in [-0.3, -0.25) is 9.89 Å². The largest absolute Gasteiger partial charge is 0.369 e. The van der Waals surface area contributed by atoms with Crippen LogP contribution in [0.3, 0.4) is 0 Å². The van der Waals surface area contributed by atoms with Crippen LogP contribution < -0.4 is 5.32 Å². The van der Waals surface area contributed by atoms with Crippen LogP contribution in [0.5, 0.6) is 0 Å². The van der Waals surface area contributed by atoms with E-state index in [0.29, 0.717) is 12.1 Å². The van der Waals surface area contributed by atoms with Crippen molar-refractivity contribution >= 4 is 5.91 Å². The zero-order chi connectivity index (χ0) is 13.6. The van der Waals surface area contributed by atoms with Crippen molar-refractivity contribution < 1.29 is 9.53 Å². The first-order valence-corrected chi connectivity index (χ1v) is 6.51. The van der Waals surface area contributed by atoms with E-state index in [0.717, 1.165) is 24.1 Å². The molecule has 0 aromatic carbocycles. The Hall–Kier alpha value is -1.87. The maximum atomic E-state index is 12.2. The van der Waals surface area contributed by atoms with E-state index < -0.39 is 5.54 Å². The fraction of sp³-hybridized carbons (Fsp3) is 0.615. The Morgan fingerprint density at radius 3 is 2.95 bits per heavy atom. The van der Waals surface area contributed by atoms with Crippen molar-refractivity contribution in [1.29, 1.82) is 5.26 Å². The first-order valence-electron chi connectivity index (χ1n) is 6.51. The van der Waals surface area contributed by atoms with Crippen molar-refractivity contribution in [1.82, 2.24) is 15.5 Å². The van der Waals surface area contributed by atoms with Gasteiger partial charge in [0.05, 0.1) is 24.0 Å². The lowest BCUT2D eigenvalue weighted by Crippen LogP contribution is -2.36. The molecule has 2 heterocycles. The zero-order valence-electron chi connectivity index (χ0n) is 11.0. The molecular formula is C13H16N4O2. The van der Waals surface area contributed by atoms with Gasteiger partial charge >= 0.3 is 0 Å². The van der Waals surface area contributed by atoms with Crippen molar-refractivity contribution in [3.05, 3.63) is 17.0 Å². The first-order chi connectivity index (χ1) is 9.04. The van der Waals surface area contributed by atoms with Gasteiger partial charge in [0.2, 0.25) is 0 Å². The molecule has 0 unspecified atom stereocenters. The number of rotatable bonds is 2. The fourth-order valence-electron chi connectivity index (χ4n) is 2.53. The third-order valence-electron chi connectivity index (χ3n) is 3.77. The summed E-state index contributed by atoms with van der Waals surface area (Å²) in [6.07, 6.45) is 2.09. The van der Waals surface area contributed by atoms with Crippen molar-refractivity contribution in [3.8, 4) is 6.07 Å². The summed E-state index contributed by atoms with van der Waals surface area (Å²) < 4.78 is 5.68. The Labute approximate surface area is 111 Å². The average Bonchev–Trinajstić information content (AvgIpc) is 2.99. The van der Waals surface area contributed by atoms with E-state index in [-0.39, 0.29) is 18.1 Å². The quantitative estimate of drug-likeness (QED) is 0.836. The summed E-state index contributed by atoms with van der Waals surface area (Å²) in [5.41, 5.74) is 1.52. The molecule has 0 spiro atoms. The van der Waals surface area contributed by atoms with Crippen LogP contribution in [-0.4, -0.2) is 27.7 Å². The lowest BCUT2D eigenvalue weighted by atomic mass is 9.99. The van der Waals surface area contributed by atoms with Crippen LogP contribution in [0.1, 0.15) is 54.5 Å². The van der Waals surface area contributed by atoms with E-state index in [4.69, 9.17) is 10.00 Å². The summed E-state index contributed by atoms with van der Waals surface area (Å²) in [6, 6.07) is 2.15. The summed E-state index contributed by atoms with van der Waals surface area (Å²) in [5.74, 6) is -0.266. The van der Waals surface area contributed by atoms with E-state index in [1.54, 1.807) is 0 Å². The molecule has 6 heteroatoms. The number of nitriles is 1. The van der Waals surface area contributed by atoms with Gasteiger partial charge in [-0.2, -0.15) is 10.4 Å². The number of hydrogen-bond donors (Lipinski definition) is 2. The highest BCUT2D eigenvalue weighted by Crippen LogP contribution is 2.35. The first kappa shape index (κ1) is 12.2. The molecule has 1 fully saturated rings. The molecule has 1 aliphatic heterocycles. The Kier molecular flexibility index (Phi) is 2.61. The molecule has 2 N–H and O–H groups in total. The minimum absolute atomic E-state index is 0.0671. The number of amides is 1. The van der Waals surface area contributed by atoms with Crippen LogP contribution in [0.4, 0.5) is 0 Å². The summed E-state index contributed by atoms with van der Waals surface area (Å²) in [6.45, 7) is 3.91. The molecule has 0 bridgehead atoms.